The molecule has 0 bridgehead atoms. The normalized spacial score (nSPS) is 13.1. The van der Waals surface area contributed by atoms with Crippen LogP contribution in [-0.4, -0.2) is 29.7 Å². The number of rotatable bonds is 5. The van der Waals surface area contributed by atoms with Gasteiger partial charge in [0.15, 0.2) is 17.3 Å². The number of imidazole rings is 1. The number of aromatic amines is 1. The van der Waals surface area contributed by atoms with Gasteiger partial charge in [0.25, 0.3) is 0 Å². The maximum atomic E-state index is 6.01. The second-order valence-corrected chi connectivity index (χ2v) is 6.07. The van der Waals surface area contributed by atoms with Crippen LogP contribution in [0.4, 0.5) is 5.82 Å². The number of nitrogen functional groups attached to an aromatic ring is 1. The first kappa shape index (κ1) is 15.4. The van der Waals surface area contributed by atoms with Crippen molar-refractivity contribution in [1.82, 2.24) is 35.0 Å². The lowest BCUT2D eigenvalue weighted by atomic mass is 10.0. The van der Waals surface area contributed by atoms with Gasteiger partial charge in [0.1, 0.15) is 5.52 Å². The summed E-state index contributed by atoms with van der Waals surface area (Å²) in [5, 5.41) is 7.80. The Labute approximate surface area is 134 Å². The van der Waals surface area contributed by atoms with E-state index in [0.717, 1.165) is 11.3 Å². The number of aromatic nitrogens is 6. The van der Waals surface area contributed by atoms with Crippen molar-refractivity contribution in [2.45, 2.75) is 33.4 Å². The van der Waals surface area contributed by atoms with Crippen molar-refractivity contribution in [3.63, 3.8) is 0 Å². The van der Waals surface area contributed by atoms with Crippen molar-refractivity contribution in [1.29, 1.82) is 0 Å². The number of nitrogens with two attached hydrogens (primary N) is 1. The summed E-state index contributed by atoms with van der Waals surface area (Å²) >= 11 is 0. The van der Waals surface area contributed by atoms with Gasteiger partial charge >= 0.3 is 0 Å². The molecule has 3 heterocycles. The van der Waals surface area contributed by atoms with Crippen molar-refractivity contribution >= 4 is 17.0 Å². The van der Waals surface area contributed by atoms with Crippen LogP contribution in [0.3, 0.4) is 0 Å². The molecular formula is C15H22N8. The lowest BCUT2D eigenvalue weighted by Crippen LogP contribution is -2.28. The van der Waals surface area contributed by atoms with Gasteiger partial charge in [0.2, 0.25) is 0 Å². The van der Waals surface area contributed by atoms with Crippen molar-refractivity contribution in [3.05, 3.63) is 29.6 Å². The van der Waals surface area contributed by atoms with Crippen LogP contribution >= 0.6 is 0 Å². The average Bonchev–Trinajstić information content (AvgIpc) is 3.08. The highest BCUT2D eigenvalue weighted by Crippen LogP contribution is 2.23. The Morgan fingerprint density at radius 1 is 1.35 bits per heavy atom. The molecular weight excluding hydrogens is 292 g/mol. The highest BCUT2D eigenvalue weighted by Gasteiger charge is 2.21. The fraction of sp³-hybridized carbons (Fsp3) is 0.467. The van der Waals surface area contributed by atoms with E-state index in [9.17, 15) is 0 Å². The van der Waals surface area contributed by atoms with Gasteiger partial charge in [0, 0.05) is 13.6 Å². The number of fused-ring (bicyclic) bond motifs is 1. The van der Waals surface area contributed by atoms with E-state index in [2.05, 4.69) is 51.1 Å². The van der Waals surface area contributed by atoms with Crippen molar-refractivity contribution in [2.75, 3.05) is 5.73 Å². The maximum absolute atomic E-state index is 6.01. The third kappa shape index (κ3) is 2.89. The Kier molecular flexibility index (Phi) is 3.99. The molecule has 8 heteroatoms. The molecule has 4 N–H and O–H groups in total. The number of hydrogen-bond acceptors (Lipinski definition) is 6. The monoisotopic (exact) mass is 314 g/mol. The smallest absolute Gasteiger partial charge is 0.183 e. The van der Waals surface area contributed by atoms with E-state index in [-0.39, 0.29) is 6.04 Å². The topological polar surface area (TPSA) is 110 Å². The zero-order chi connectivity index (χ0) is 16.6. The Bertz CT molecular complexity index is 797. The van der Waals surface area contributed by atoms with E-state index in [0.29, 0.717) is 35.3 Å². The molecule has 3 aromatic rings. The summed E-state index contributed by atoms with van der Waals surface area (Å²) in [4.78, 5) is 16.1. The molecule has 0 radical (unpaired) electrons. The molecule has 0 aliphatic heterocycles. The minimum absolute atomic E-state index is 0.0206. The van der Waals surface area contributed by atoms with Crippen LogP contribution in [0.5, 0.6) is 0 Å². The van der Waals surface area contributed by atoms with Gasteiger partial charge in [-0.05, 0) is 18.4 Å². The van der Waals surface area contributed by atoms with Gasteiger partial charge in [-0.25, -0.2) is 15.0 Å². The second-order valence-electron chi connectivity index (χ2n) is 6.07. The Morgan fingerprint density at radius 3 is 2.78 bits per heavy atom. The van der Waals surface area contributed by atoms with Gasteiger partial charge in [-0.3, -0.25) is 4.68 Å². The number of anilines is 1. The molecule has 0 aliphatic rings. The highest BCUT2D eigenvalue weighted by atomic mass is 15.3. The second kappa shape index (κ2) is 5.96. The molecule has 0 aromatic carbocycles. The molecule has 0 fully saturated rings. The van der Waals surface area contributed by atoms with Crippen LogP contribution in [-0.2, 0) is 13.6 Å². The first-order valence-corrected chi connectivity index (χ1v) is 7.64. The molecule has 8 nitrogen and oxygen atoms in total. The van der Waals surface area contributed by atoms with Crippen LogP contribution < -0.4 is 11.1 Å². The van der Waals surface area contributed by atoms with Crippen LogP contribution in [0.2, 0.25) is 0 Å². The molecule has 0 aliphatic carbocycles. The highest BCUT2D eigenvalue weighted by molar-refractivity contribution is 5.80. The van der Waals surface area contributed by atoms with E-state index in [1.54, 1.807) is 6.33 Å². The summed E-state index contributed by atoms with van der Waals surface area (Å²) in [6, 6.07) is -0.0206. The summed E-state index contributed by atoms with van der Waals surface area (Å²) in [5.74, 6) is 1.39. The third-order valence-electron chi connectivity index (χ3n) is 4.04. The van der Waals surface area contributed by atoms with Crippen LogP contribution in [0, 0.1) is 12.8 Å². The molecule has 1 atom stereocenters. The van der Waals surface area contributed by atoms with E-state index >= 15 is 0 Å². The summed E-state index contributed by atoms with van der Waals surface area (Å²) in [5.41, 5.74) is 9.59. The quantitative estimate of drug-likeness (QED) is 0.657. The average molecular weight is 314 g/mol. The lowest BCUT2D eigenvalue weighted by molar-refractivity contribution is 0.388. The molecule has 122 valence electrons. The molecule has 3 rings (SSSR count). The lowest BCUT2D eigenvalue weighted by Gasteiger charge is -2.21. The Hall–Kier alpha value is -2.48. The van der Waals surface area contributed by atoms with Gasteiger partial charge in [-0.1, -0.05) is 13.8 Å². The molecule has 0 amide bonds. The summed E-state index contributed by atoms with van der Waals surface area (Å²) in [6.07, 6.45) is 3.45. The molecule has 0 saturated heterocycles. The van der Waals surface area contributed by atoms with E-state index in [1.807, 2.05) is 17.9 Å². The fourth-order valence-corrected chi connectivity index (χ4v) is 2.67. The Morgan fingerprint density at radius 2 is 2.13 bits per heavy atom. The van der Waals surface area contributed by atoms with E-state index in [1.165, 1.54) is 0 Å². The summed E-state index contributed by atoms with van der Waals surface area (Å²) in [7, 11) is 1.94. The molecule has 0 saturated carbocycles. The zero-order valence-electron chi connectivity index (χ0n) is 13.8. The Balaban J connectivity index is 1.88. The van der Waals surface area contributed by atoms with Gasteiger partial charge < -0.3 is 16.0 Å². The van der Waals surface area contributed by atoms with Crippen molar-refractivity contribution < 1.29 is 0 Å². The summed E-state index contributed by atoms with van der Waals surface area (Å²) in [6.45, 7) is 7.00. The van der Waals surface area contributed by atoms with Gasteiger partial charge in [0.05, 0.1) is 24.3 Å². The standard InChI is InChI=1S/C15H22N8/c1-8(2)11(17-6-10-9(3)5-20-23(10)4)15-21-13(16)12-14(22-15)19-7-18-12/h5,7-8,11,17H,6H2,1-4H3,(H3,16,18,19,21,22). The van der Waals surface area contributed by atoms with Gasteiger partial charge in [-0.2, -0.15) is 5.10 Å². The van der Waals surface area contributed by atoms with Crippen LogP contribution in [0.15, 0.2) is 12.5 Å². The first-order chi connectivity index (χ1) is 11.0. The largest absolute Gasteiger partial charge is 0.382 e. The molecule has 1 unspecified atom stereocenters. The van der Waals surface area contributed by atoms with Crippen molar-refractivity contribution in [2.24, 2.45) is 13.0 Å². The third-order valence-corrected chi connectivity index (χ3v) is 4.04. The van der Waals surface area contributed by atoms with Gasteiger partial charge in [-0.15, -0.1) is 0 Å². The number of nitrogens with zero attached hydrogens (tertiary/aromatic N) is 5. The fourth-order valence-electron chi connectivity index (χ4n) is 2.67. The molecule has 3 aromatic heterocycles. The first-order valence-electron chi connectivity index (χ1n) is 7.64. The molecule has 0 spiro atoms. The van der Waals surface area contributed by atoms with Crippen LogP contribution in [0.1, 0.15) is 37.0 Å². The SMILES string of the molecule is Cc1cnn(C)c1CNC(c1nc(N)c2[nH]cnc2n1)C(C)C. The predicted molar refractivity (Wildman–Crippen MR) is 88.5 cm³/mol. The zero-order valence-corrected chi connectivity index (χ0v) is 13.8. The van der Waals surface area contributed by atoms with E-state index in [4.69, 9.17) is 5.73 Å². The number of nitrogens with one attached hydrogen (secondary N) is 2. The maximum Gasteiger partial charge on any atom is 0.183 e. The number of aryl methyl sites for hydroxylation is 2. The van der Waals surface area contributed by atoms with Crippen molar-refractivity contribution in [3.8, 4) is 0 Å². The minimum atomic E-state index is -0.0206. The summed E-state index contributed by atoms with van der Waals surface area (Å²) < 4.78 is 1.88. The minimum Gasteiger partial charge on any atom is -0.382 e. The van der Waals surface area contributed by atoms with Crippen LogP contribution in [0.25, 0.3) is 11.2 Å². The predicted octanol–water partition coefficient (Wildman–Crippen LogP) is 1.46. The molecule has 23 heavy (non-hydrogen) atoms. The number of hydrogen-bond donors (Lipinski definition) is 3. The van der Waals surface area contributed by atoms with E-state index < -0.39 is 0 Å². The number of H-pyrrole nitrogens is 1.